The Kier molecular flexibility index (Phi) is 7.37. The van der Waals surface area contributed by atoms with Gasteiger partial charge < -0.3 is 9.47 Å². The van der Waals surface area contributed by atoms with Gasteiger partial charge in [0.1, 0.15) is 10.8 Å². The number of hydrogen-bond donors (Lipinski definition) is 0. The second-order valence-corrected chi connectivity index (χ2v) is 6.81. The number of pyridine rings is 1. The predicted octanol–water partition coefficient (Wildman–Crippen LogP) is 4.34. The van der Waals surface area contributed by atoms with Gasteiger partial charge >= 0.3 is 6.16 Å². The first-order chi connectivity index (χ1) is 11.6. The van der Waals surface area contributed by atoms with Gasteiger partial charge in [-0.3, -0.25) is 10.1 Å². The van der Waals surface area contributed by atoms with Crippen LogP contribution in [0.3, 0.4) is 0 Å². The zero-order chi connectivity index (χ0) is 17.2. The van der Waals surface area contributed by atoms with Gasteiger partial charge in [0, 0.05) is 24.1 Å². The summed E-state index contributed by atoms with van der Waals surface area (Å²) in [6, 6.07) is 10.9. The highest BCUT2D eigenvalue weighted by Crippen LogP contribution is 2.29. The van der Waals surface area contributed by atoms with E-state index >= 15 is 0 Å². The lowest BCUT2D eigenvalue weighted by Crippen LogP contribution is -2.11. The van der Waals surface area contributed by atoms with Gasteiger partial charge in [-0.15, -0.1) is 0 Å². The topological polar surface area (TPSA) is 91.6 Å². The number of nitrogens with zero attached hydrogens (tertiary/aromatic N) is 2. The molecule has 1 aromatic heterocycles. The van der Waals surface area contributed by atoms with Gasteiger partial charge in [0.2, 0.25) is 0 Å². The molecule has 0 bridgehead atoms. The largest absolute Gasteiger partial charge is 0.513 e. The quantitative estimate of drug-likeness (QED) is 0.170. The number of benzene rings is 1. The summed E-state index contributed by atoms with van der Waals surface area (Å²) < 4.78 is 9.86. The molecule has 9 heteroatoms. The Labute approximate surface area is 146 Å². The smallest absolute Gasteiger partial charge is 0.434 e. The molecule has 2 rings (SSSR count). The molecule has 0 N–H and O–H groups in total. The normalized spacial score (nSPS) is 10.2. The molecule has 0 aliphatic carbocycles. The summed E-state index contributed by atoms with van der Waals surface area (Å²) >= 11 is 0. The van der Waals surface area contributed by atoms with Crippen LogP contribution in [0.2, 0.25) is 0 Å². The van der Waals surface area contributed by atoms with Crippen LogP contribution in [-0.2, 0) is 4.74 Å². The fraction of sp³-hybridized carbons (Fsp3) is 0.200. The molecule has 24 heavy (non-hydrogen) atoms. The summed E-state index contributed by atoms with van der Waals surface area (Å²) in [5, 5.41) is 11.4. The number of hydrogen-bond acceptors (Lipinski definition) is 8. The molecule has 0 radical (unpaired) electrons. The Morgan fingerprint density at radius 2 is 2.00 bits per heavy atom. The van der Waals surface area contributed by atoms with Crippen LogP contribution < -0.4 is 4.74 Å². The third kappa shape index (κ3) is 6.47. The van der Waals surface area contributed by atoms with E-state index in [0.29, 0.717) is 6.42 Å². The predicted molar refractivity (Wildman–Crippen MR) is 92.2 cm³/mol. The second kappa shape index (κ2) is 9.78. The zero-order valence-corrected chi connectivity index (χ0v) is 14.1. The number of carbonyl (C=O) groups excluding carboxylic acids is 1. The van der Waals surface area contributed by atoms with E-state index in [0.717, 1.165) is 10.8 Å². The van der Waals surface area contributed by atoms with E-state index < -0.39 is 11.1 Å². The van der Waals surface area contributed by atoms with Crippen molar-refractivity contribution in [2.24, 2.45) is 0 Å². The van der Waals surface area contributed by atoms with Crippen LogP contribution in [0.1, 0.15) is 6.42 Å². The van der Waals surface area contributed by atoms with Crippen molar-refractivity contribution in [1.82, 2.24) is 4.98 Å². The van der Waals surface area contributed by atoms with E-state index in [4.69, 9.17) is 9.47 Å². The van der Waals surface area contributed by atoms with Crippen LogP contribution >= 0.6 is 21.6 Å². The maximum atomic E-state index is 11.5. The number of aromatic nitrogens is 1. The van der Waals surface area contributed by atoms with E-state index in [1.807, 2.05) is 18.2 Å². The van der Waals surface area contributed by atoms with Crippen molar-refractivity contribution in [3.63, 3.8) is 0 Å². The molecule has 0 aliphatic heterocycles. The average Bonchev–Trinajstić information content (AvgIpc) is 2.59. The van der Waals surface area contributed by atoms with Gasteiger partial charge in [0.15, 0.2) is 0 Å². The van der Waals surface area contributed by atoms with E-state index in [2.05, 4.69) is 4.98 Å². The highest BCUT2D eigenvalue weighted by molar-refractivity contribution is 8.76. The summed E-state index contributed by atoms with van der Waals surface area (Å²) in [5.41, 5.74) is -0.0712. The van der Waals surface area contributed by atoms with Crippen molar-refractivity contribution in [3.8, 4) is 5.75 Å². The Bertz CT molecular complexity index is 667. The lowest BCUT2D eigenvalue weighted by atomic mass is 10.3. The fourth-order valence-corrected chi connectivity index (χ4v) is 3.47. The Balaban J connectivity index is 1.58. The first-order valence-corrected chi connectivity index (χ1v) is 9.26. The van der Waals surface area contributed by atoms with Gasteiger partial charge in [-0.1, -0.05) is 16.9 Å². The molecule has 126 valence electrons. The van der Waals surface area contributed by atoms with E-state index in [9.17, 15) is 14.9 Å². The van der Waals surface area contributed by atoms with Crippen LogP contribution in [0, 0.1) is 10.1 Å². The number of nitro groups is 1. The second-order valence-electron chi connectivity index (χ2n) is 4.38. The average molecular weight is 366 g/mol. The Morgan fingerprint density at radius 1 is 1.21 bits per heavy atom. The number of nitro benzene ring substituents is 1. The standard InChI is InChI=1S/C15H14N2O5S2/c18-15(22-13-7-5-12(6-8-13)17(19)20)21-10-3-11-23-24-14-4-1-2-9-16-14/h1-2,4-9H,3,10-11H2. The van der Waals surface area contributed by atoms with Crippen molar-refractivity contribution < 1.29 is 19.2 Å². The lowest BCUT2D eigenvalue weighted by Gasteiger charge is -2.05. The number of rotatable bonds is 8. The minimum atomic E-state index is -0.828. The number of carbonyl (C=O) groups is 1. The number of ether oxygens (including phenoxy) is 2. The highest BCUT2D eigenvalue weighted by Gasteiger charge is 2.09. The van der Waals surface area contributed by atoms with Gasteiger partial charge in [0.05, 0.1) is 11.5 Å². The molecule has 0 saturated carbocycles. The Morgan fingerprint density at radius 3 is 2.67 bits per heavy atom. The molecular weight excluding hydrogens is 352 g/mol. The monoisotopic (exact) mass is 366 g/mol. The molecular formula is C15H14N2O5S2. The molecule has 0 spiro atoms. The summed E-state index contributed by atoms with van der Waals surface area (Å²) in [4.78, 5) is 25.7. The van der Waals surface area contributed by atoms with Gasteiger partial charge in [0.25, 0.3) is 5.69 Å². The van der Waals surface area contributed by atoms with Gasteiger partial charge in [-0.2, -0.15) is 0 Å². The minimum Gasteiger partial charge on any atom is -0.434 e. The van der Waals surface area contributed by atoms with Crippen LogP contribution in [-0.4, -0.2) is 28.4 Å². The minimum absolute atomic E-state index is 0.0712. The molecule has 1 heterocycles. The Hall–Kier alpha value is -2.26. The molecule has 0 fully saturated rings. The zero-order valence-electron chi connectivity index (χ0n) is 12.5. The molecule has 2 aromatic rings. The highest BCUT2D eigenvalue weighted by atomic mass is 33.1. The number of non-ortho nitro benzene ring substituents is 1. The maximum Gasteiger partial charge on any atom is 0.513 e. The summed E-state index contributed by atoms with van der Waals surface area (Å²) in [6.45, 7) is 0.238. The van der Waals surface area contributed by atoms with E-state index in [1.165, 1.54) is 24.3 Å². The first-order valence-electron chi connectivity index (χ1n) is 6.95. The SMILES string of the molecule is O=C(OCCCSSc1ccccn1)Oc1ccc([N+](=O)[O-])cc1. The third-order valence-corrected chi connectivity index (χ3v) is 4.97. The van der Waals surface area contributed by atoms with Crippen molar-refractivity contribution in [3.05, 3.63) is 58.8 Å². The van der Waals surface area contributed by atoms with Crippen LogP contribution in [0.5, 0.6) is 5.75 Å². The van der Waals surface area contributed by atoms with E-state index in [-0.39, 0.29) is 18.0 Å². The summed E-state index contributed by atoms with van der Waals surface area (Å²) in [6.07, 6.45) is 1.59. The van der Waals surface area contributed by atoms with E-state index in [1.54, 1.807) is 27.8 Å². The van der Waals surface area contributed by atoms with Crippen LogP contribution in [0.15, 0.2) is 53.7 Å². The molecule has 7 nitrogen and oxygen atoms in total. The van der Waals surface area contributed by atoms with Gasteiger partial charge in [-0.05, 0) is 41.5 Å². The van der Waals surface area contributed by atoms with Crippen LogP contribution in [0.25, 0.3) is 0 Å². The van der Waals surface area contributed by atoms with Crippen molar-refractivity contribution >= 4 is 33.4 Å². The summed E-state index contributed by atoms with van der Waals surface area (Å²) in [5.74, 6) is 0.997. The molecule has 0 aliphatic rings. The van der Waals surface area contributed by atoms with Crippen LogP contribution in [0.4, 0.5) is 10.5 Å². The fourth-order valence-electron chi connectivity index (χ4n) is 1.53. The molecule has 0 atom stereocenters. The molecule has 0 amide bonds. The van der Waals surface area contributed by atoms with Crippen molar-refractivity contribution in [1.29, 1.82) is 0 Å². The first kappa shape index (κ1) is 18.1. The molecule has 0 saturated heterocycles. The maximum absolute atomic E-state index is 11.5. The molecule has 1 aromatic carbocycles. The third-order valence-electron chi connectivity index (χ3n) is 2.62. The molecule has 0 unspecified atom stereocenters. The van der Waals surface area contributed by atoms with Gasteiger partial charge in [-0.25, -0.2) is 9.78 Å². The van der Waals surface area contributed by atoms with Crippen molar-refractivity contribution in [2.45, 2.75) is 11.4 Å². The summed E-state index contributed by atoms with van der Waals surface area (Å²) in [7, 11) is 3.19. The van der Waals surface area contributed by atoms with Crippen molar-refractivity contribution in [2.75, 3.05) is 12.4 Å². The lowest BCUT2D eigenvalue weighted by molar-refractivity contribution is -0.384.